The Kier molecular flexibility index (Phi) is 3.39. The van der Waals surface area contributed by atoms with Crippen molar-refractivity contribution in [3.05, 3.63) is 21.0 Å². The van der Waals surface area contributed by atoms with E-state index < -0.39 is 6.10 Å². The van der Waals surface area contributed by atoms with Gasteiger partial charge in [0.15, 0.2) is 4.67 Å². The zero-order valence-electron chi connectivity index (χ0n) is 9.53. The van der Waals surface area contributed by atoms with Crippen molar-refractivity contribution in [2.24, 2.45) is 17.8 Å². The van der Waals surface area contributed by atoms with E-state index in [0.717, 1.165) is 22.7 Å². The minimum absolute atomic E-state index is 0.457. The summed E-state index contributed by atoms with van der Waals surface area (Å²) in [4.78, 5) is 0. The second-order valence-electron chi connectivity index (χ2n) is 5.46. The standard InChI is InChI=1S/C13H16Br2O2/c14-10-6-12(17-13(10)15)11(16)5-9-4-7-1-2-8(9)3-7/h6-9,11,16H,1-5H2. The Morgan fingerprint density at radius 2 is 2.18 bits per heavy atom. The van der Waals surface area contributed by atoms with Crippen LogP contribution >= 0.6 is 31.9 Å². The minimum atomic E-state index is -0.457. The fourth-order valence-electron chi connectivity index (χ4n) is 3.60. The molecule has 2 nitrogen and oxygen atoms in total. The number of hydrogen-bond acceptors (Lipinski definition) is 2. The van der Waals surface area contributed by atoms with Gasteiger partial charge in [0.1, 0.15) is 11.9 Å². The van der Waals surface area contributed by atoms with E-state index in [1.165, 1.54) is 25.7 Å². The molecule has 1 N–H and O–H groups in total. The predicted molar refractivity (Wildman–Crippen MR) is 72.6 cm³/mol. The molecule has 2 bridgehead atoms. The normalized spacial score (nSPS) is 33.2. The Morgan fingerprint density at radius 3 is 2.71 bits per heavy atom. The van der Waals surface area contributed by atoms with Crippen LogP contribution in [0.4, 0.5) is 0 Å². The smallest absolute Gasteiger partial charge is 0.183 e. The molecule has 2 saturated carbocycles. The van der Waals surface area contributed by atoms with E-state index in [1.54, 1.807) is 0 Å². The van der Waals surface area contributed by atoms with E-state index >= 15 is 0 Å². The van der Waals surface area contributed by atoms with Crippen LogP contribution < -0.4 is 0 Å². The molecule has 2 aliphatic carbocycles. The minimum Gasteiger partial charge on any atom is -0.450 e. The lowest BCUT2D eigenvalue weighted by Crippen LogP contribution is -2.14. The molecule has 2 aliphatic rings. The molecule has 0 amide bonds. The summed E-state index contributed by atoms with van der Waals surface area (Å²) in [5, 5.41) is 10.2. The van der Waals surface area contributed by atoms with Gasteiger partial charge in [-0.15, -0.1) is 0 Å². The van der Waals surface area contributed by atoms with E-state index in [1.807, 2.05) is 6.07 Å². The molecular weight excluding hydrogens is 348 g/mol. The molecule has 0 spiro atoms. The van der Waals surface area contributed by atoms with Gasteiger partial charge in [-0.25, -0.2) is 0 Å². The zero-order chi connectivity index (χ0) is 12.0. The first-order valence-corrected chi connectivity index (χ1v) is 7.85. The Balaban J connectivity index is 1.65. The highest BCUT2D eigenvalue weighted by molar-refractivity contribution is 9.13. The van der Waals surface area contributed by atoms with Crippen LogP contribution in [0.15, 0.2) is 19.6 Å². The van der Waals surface area contributed by atoms with Crippen LogP contribution in [0.2, 0.25) is 0 Å². The molecule has 0 aromatic carbocycles. The number of hydrogen-bond donors (Lipinski definition) is 1. The molecule has 1 aromatic heterocycles. The monoisotopic (exact) mass is 362 g/mol. The maximum absolute atomic E-state index is 10.2. The third-order valence-corrected chi connectivity index (χ3v) is 6.11. The summed E-state index contributed by atoms with van der Waals surface area (Å²) in [5.41, 5.74) is 0. The Labute approximate surface area is 118 Å². The van der Waals surface area contributed by atoms with Gasteiger partial charge in [-0.05, 0) is 81.4 Å². The fraction of sp³-hybridized carbons (Fsp3) is 0.692. The Morgan fingerprint density at radius 1 is 1.35 bits per heavy atom. The lowest BCUT2D eigenvalue weighted by Gasteiger charge is -2.23. The summed E-state index contributed by atoms with van der Waals surface area (Å²) in [6.45, 7) is 0. The van der Waals surface area contributed by atoms with Crippen molar-refractivity contribution >= 4 is 31.9 Å². The molecule has 1 aromatic rings. The maximum Gasteiger partial charge on any atom is 0.183 e. The van der Waals surface area contributed by atoms with Gasteiger partial charge in [0.05, 0.1) is 4.47 Å². The third-order valence-electron chi connectivity index (χ3n) is 4.40. The van der Waals surface area contributed by atoms with E-state index in [-0.39, 0.29) is 0 Å². The summed E-state index contributed by atoms with van der Waals surface area (Å²) in [6, 6.07) is 1.86. The molecule has 3 rings (SSSR count). The van der Waals surface area contributed by atoms with Crippen molar-refractivity contribution in [3.8, 4) is 0 Å². The van der Waals surface area contributed by atoms with Gasteiger partial charge in [-0.1, -0.05) is 6.42 Å². The van der Waals surface area contributed by atoms with Crippen molar-refractivity contribution in [1.82, 2.24) is 0 Å². The van der Waals surface area contributed by atoms with Gasteiger partial charge >= 0.3 is 0 Å². The molecule has 0 radical (unpaired) electrons. The topological polar surface area (TPSA) is 33.4 Å². The molecule has 94 valence electrons. The van der Waals surface area contributed by atoms with Crippen molar-refractivity contribution in [2.45, 2.75) is 38.2 Å². The van der Waals surface area contributed by atoms with E-state index in [2.05, 4.69) is 31.9 Å². The summed E-state index contributed by atoms with van der Waals surface area (Å²) in [5.74, 6) is 3.17. The fourth-order valence-corrected chi connectivity index (χ4v) is 4.20. The highest BCUT2D eigenvalue weighted by Crippen LogP contribution is 2.51. The predicted octanol–water partition coefficient (Wildman–Crippen LogP) is 4.66. The second-order valence-corrected chi connectivity index (χ2v) is 7.03. The number of furan rings is 1. The van der Waals surface area contributed by atoms with Gasteiger partial charge in [0.25, 0.3) is 0 Å². The molecular formula is C13H16Br2O2. The van der Waals surface area contributed by atoms with Crippen LogP contribution in [0, 0.1) is 17.8 Å². The number of aliphatic hydroxyl groups excluding tert-OH is 1. The molecule has 0 saturated heterocycles. The van der Waals surface area contributed by atoms with Gasteiger partial charge < -0.3 is 9.52 Å². The molecule has 0 aliphatic heterocycles. The Bertz CT molecular complexity index is 396. The average Bonchev–Trinajstić information content (AvgIpc) is 2.95. The van der Waals surface area contributed by atoms with E-state index in [0.29, 0.717) is 16.3 Å². The van der Waals surface area contributed by atoms with Gasteiger partial charge in [-0.3, -0.25) is 0 Å². The van der Waals surface area contributed by atoms with Crippen LogP contribution in [0.1, 0.15) is 44.0 Å². The Hall–Kier alpha value is 0.200. The molecule has 17 heavy (non-hydrogen) atoms. The van der Waals surface area contributed by atoms with E-state index in [9.17, 15) is 5.11 Å². The lowest BCUT2D eigenvalue weighted by molar-refractivity contribution is 0.104. The van der Waals surface area contributed by atoms with Crippen LogP contribution in [-0.2, 0) is 0 Å². The highest BCUT2D eigenvalue weighted by atomic mass is 79.9. The van der Waals surface area contributed by atoms with Crippen molar-refractivity contribution in [3.63, 3.8) is 0 Å². The first kappa shape index (κ1) is 12.2. The number of halogens is 2. The quantitative estimate of drug-likeness (QED) is 0.846. The summed E-state index contributed by atoms with van der Waals surface area (Å²) in [7, 11) is 0. The maximum atomic E-state index is 10.2. The molecule has 2 fully saturated rings. The van der Waals surface area contributed by atoms with Crippen LogP contribution in [0.3, 0.4) is 0 Å². The average molecular weight is 364 g/mol. The van der Waals surface area contributed by atoms with Crippen LogP contribution in [0.5, 0.6) is 0 Å². The van der Waals surface area contributed by atoms with E-state index in [4.69, 9.17) is 4.42 Å². The van der Waals surface area contributed by atoms with Crippen molar-refractivity contribution < 1.29 is 9.52 Å². The SMILES string of the molecule is OC(CC1CC2CCC1C2)c1cc(Br)c(Br)o1. The van der Waals surface area contributed by atoms with Crippen LogP contribution in [0.25, 0.3) is 0 Å². The molecule has 4 atom stereocenters. The molecule has 4 unspecified atom stereocenters. The third kappa shape index (κ3) is 2.36. The van der Waals surface area contributed by atoms with Gasteiger partial charge in [0, 0.05) is 0 Å². The second kappa shape index (κ2) is 4.71. The largest absolute Gasteiger partial charge is 0.450 e. The first-order valence-electron chi connectivity index (χ1n) is 6.26. The summed E-state index contributed by atoms with van der Waals surface area (Å²) in [6.07, 6.45) is 5.88. The summed E-state index contributed by atoms with van der Waals surface area (Å²) >= 11 is 6.68. The zero-order valence-corrected chi connectivity index (χ0v) is 12.7. The molecule has 4 heteroatoms. The van der Waals surface area contributed by atoms with Crippen molar-refractivity contribution in [1.29, 1.82) is 0 Å². The first-order chi connectivity index (χ1) is 8.13. The highest BCUT2D eigenvalue weighted by Gasteiger charge is 2.40. The molecule has 1 heterocycles. The lowest BCUT2D eigenvalue weighted by atomic mass is 9.84. The number of aliphatic hydroxyl groups is 1. The number of rotatable bonds is 3. The van der Waals surface area contributed by atoms with Gasteiger partial charge in [0.2, 0.25) is 0 Å². The van der Waals surface area contributed by atoms with Gasteiger partial charge in [-0.2, -0.15) is 0 Å². The number of fused-ring (bicyclic) bond motifs is 2. The summed E-state index contributed by atoms with van der Waals surface area (Å²) < 4.78 is 7.03. The van der Waals surface area contributed by atoms with Crippen LogP contribution in [-0.4, -0.2) is 5.11 Å². The van der Waals surface area contributed by atoms with Crippen molar-refractivity contribution in [2.75, 3.05) is 0 Å².